The van der Waals surface area contributed by atoms with E-state index in [4.69, 9.17) is 0 Å². The van der Waals surface area contributed by atoms with Gasteiger partial charge in [-0.15, -0.1) is 0 Å². The number of rotatable bonds is 7. The molecule has 1 aromatic carbocycles. The number of nitrogens with one attached hydrogen (secondary N) is 1. The molecule has 0 bridgehead atoms. The van der Waals surface area contributed by atoms with Crippen LogP contribution in [0.25, 0.3) is 0 Å². The van der Waals surface area contributed by atoms with Gasteiger partial charge in [0.25, 0.3) is 0 Å². The average Bonchev–Trinajstić information content (AvgIpc) is 2.30. The molecule has 0 aliphatic carbocycles. The summed E-state index contributed by atoms with van der Waals surface area (Å²) in [6, 6.07) is 10.8. The summed E-state index contributed by atoms with van der Waals surface area (Å²) >= 11 is 0. The maximum Gasteiger partial charge on any atom is -0.00205 e. The Morgan fingerprint density at radius 1 is 1.06 bits per heavy atom. The van der Waals surface area contributed by atoms with E-state index in [0.29, 0.717) is 0 Å². The van der Waals surface area contributed by atoms with Gasteiger partial charge in [0.1, 0.15) is 0 Å². The second-order valence-electron chi connectivity index (χ2n) is 4.85. The minimum atomic E-state index is 0.742. The van der Waals surface area contributed by atoms with Crippen LogP contribution in [0.5, 0.6) is 0 Å². The predicted molar refractivity (Wildman–Crippen MR) is 71.6 cm³/mol. The first-order chi connectivity index (χ1) is 7.74. The second kappa shape index (κ2) is 7.45. The van der Waals surface area contributed by atoms with E-state index < -0.39 is 0 Å². The van der Waals surface area contributed by atoms with Crippen LogP contribution in [-0.4, -0.2) is 13.1 Å². The largest absolute Gasteiger partial charge is 0.316 e. The Morgan fingerprint density at radius 2 is 1.75 bits per heavy atom. The van der Waals surface area contributed by atoms with Crippen molar-refractivity contribution < 1.29 is 0 Å². The molecule has 1 aromatic rings. The van der Waals surface area contributed by atoms with Gasteiger partial charge in [-0.2, -0.15) is 0 Å². The van der Waals surface area contributed by atoms with Crippen LogP contribution in [0, 0.1) is 11.8 Å². The van der Waals surface area contributed by atoms with Crippen LogP contribution in [0.15, 0.2) is 30.3 Å². The molecule has 1 rings (SSSR count). The smallest absolute Gasteiger partial charge is 0.00205 e. The first kappa shape index (κ1) is 13.2. The van der Waals surface area contributed by atoms with Gasteiger partial charge in [-0.1, -0.05) is 51.1 Å². The van der Waals surface area contributed by atoms with Crippen LogP contribution in [-0.2, 0) is 6.42 Å². The summed E-state index contributed by atoms with van der Waals surface area (Å²) in [5.74, 6) is 1.48. The molecule has 0 aliphatic heterocycles. The van der Waals surface area contributed by atoms with Crippen molar-refractivity contribution >= 4 is 0 Å². The zero-order valence-corrected chi connectivity index (χ0v) is 10.9. The summed E-state index contributed by atoms with van der Waals surface area (Å²) in [6.07, 6.45) is 2.41. The molecule has 16 heavy (non-hydrogen) atoms. The lowest BCUT2D eigenvalue weighted by Crippen LogP contribution is -2.26. The molecule has 0 heterocycles. The molecular weight excluding hydrogens is 194 g/mol. The molecule has 2 atom stereocenters. The Kier molecular flexibility index (Phi) is 6.17. The third-order valence-electron chi connectivity index (χ3n) is 3.26. The van der Waals surface area contributed by atoms with E-state index in [0.717, 1.165) is 24.9 Å². The van der Waals surface area contributed by atoms with Gasteiger partial charge in [0.05, 0.1) is 0 Å². The Hall–Kier alpha value is -0.820. The summed E-state index contributed by atoms with van der Waals surface area (Å²) in [5, 5.41) is 3.50. The first-order valence-electron chi connectivity index (χ1n) is 6.48. The van der Waals surface area contributed by atoms with Crippen LogP contribution < -0.4 is 5.32 Å². The molecule has 1 N–H and O–H groups in total. The van der Waals surface area contributed by atoms with Gasteiger partial charge >= 0.3 is 0 Å². The summed E-state index contributed by atoms with van der Waals surface area (Å²) in [6.45, 7) is 9.19. The van der Waals surface area contributed by atoms with Crippen molar-refractivity contribution in [2.75, 3.05) is 13.1 Å². The third-order valence-corrected chi connectivity index (χ3v) is 3.26. The zero-order valence-electron chi connectivity index (χ0n) is 10.9. The van der Waals surface area contributed by atoms with Crippen molar-refractivity contribution in [2.24, 2.45) is 11.8 Å². The Bertz CT molecular complexity index is 268. The Labute approximate surface area is 100 Å². The third kappa shape index (κ3) is 4.80. The fourth-order valence-electron chi connectivity index (χ4n) is 1.89. The standard InChI is InChI=1S/C15H25N/c1-4-10-16-12-14(3)13(2)11-15-8-6-5-7-9-15/h5-9,13-14,16H,4,10-12H2,1-3H3. The number of hydrogen-bond acceptors (Lipinski definition) is 1. The van der Waals surface area contributed by atoms with E-state index in [1.54, 1.807) is 0 Å². The Balaban J connectivity index is 2.31. The van der Waals surface area contributed by atoms with Crippen LogP contribution in [0.4, 0.5) is 0 Å². The lowest BCUT2D eigenvalue weighted by molar-refractivity contribution is 0.365. The van der Waals surface area contributed by atoms with Gasteiger partial charge < -0.3 is 5.32 Å². The van der Waals surface area contributed by atoms with E-state index in [-0.39, 0.29) is 0 Å². The van der Waals surface area contributed by atoms with Crippen LogP contribution in [0.1, 0.15) is 32.8 Å². The molecular formula is C15H25N. The van der Waals surface area contributed by atoms with E-state index >= 15 is 0 Å². The topological polar surface area (TPSA) is 12.0 Å². The first-order valence-corrected chi connectivity index (χ1v) is 6.48. The van der Waals surface area contributed by atoms with Crippen molar-refractivity contribution in [1.82, 2.24) is 5.32 Å². The van der Waals surface area contributed by atoms with Gasteiger partial charge in [0.15, 0.2) is 0 Å². The predicted octanol–water partition coefficient (Wildman–Crippen LogP) is 3.50. The normalized spacial score (nSPS) is 14.7. The highest BCUT2D eigenvalue weighted by molar-refractivity contribution is 5.15. The molecule has 90 valence electrons. The Morgan fingerprint density at radius 3 is 2.38 bits per heavy atom. The van der Waals surface area contributed by atoms with E-state index in [1.807, 2.05) is 0 Å². The summed E-state index contributed by atoms with van der Waals surface area (Å²) in [7, 11) is 0. The van der Waals surface area contributed by atoms with Gasteiger partial charge in [-0.25, -0.2) is 0 Å². The summed E-state index contributed by atoms with van der Waals surface area (Å²) < 4.78 is 0. The van der Waals surface area contributed by atoms with Crippen molar-refractivity contribution in [3.63, 3.8) is 0 Å². The minimum absolute atomic E-state index is 0.742. The molecule has 0 aromatic heterocycles. The van der Waals surface area contributed by atoms with Crippen molar-refractivity contribution in [3.05, 3.63) is 35.9 Å². The molecule has 0 amide bonds. The van der Waals surface area contributed by atoms with Gasteiger partial charge in [0.2, 0.25) is 0 Å². The van der Waals surface area contributed by atoms with Crippen LogP contribution in [0.3, 0.4) is 0 Å². The van der Waals surface area contributed by atoms with Crippen molar-refractivity contribution in [3.8, 4) is 0 Å². The number of hydrogen-bond donors (Lipinski definition) is 1. The fourth-order valence-corrected chi connectivity index (χ4v) is 1.89. The zero-order chi connectivity index (χ0) is 11.8. The van der Waals surface area contributed by atoms with Crippen LogP contribution in [0.2, 0.25) is 0 Å². The van der Waals surface area contributed by atoms with Crippen molar-refractivity contribution in [1.29, 1.82) is 0 Å². The maximum absolute atomic E-state index is 3.50. The molecule has 0 saturated carbocycles. The highest BCUT2D eigenvalue weighted by atomic mass is 14.8. The SMILES string of the molecule is CCCNCC(C)C(C)Cc1ccccc1. The number of benzene rings is 1. The van der Waals surface area contributed by atoms with Crippen LogP contribution >= 0.6 is 0 Å². The fraction of sp³-hybridized carbons (Fsp3) is 0.600. The second-order valence-corrected chi connectivity index (χ2v) is 4.85. The molecule has 0 fully saturated rings. The lowest BCUT2D eigenvalue weighted by atomic mass is 9.89. The van der Waals surface area contributed by atoms with Gasteiger partial charge in [0, 0.05) is 0 Å². The molecule has 0 aliphatic rings. The molecule has 0 spiro atoms. The van der Waals surface area contributed by atoms with Gasteiger partial charge in [-0.05, 0) is 43.3 Å². The van der Waals surface area contributed by atoms with E-state index in [9.17, 15) is 0 Å². The van der Waals surface area contributed by atoms with Gasteiger partial charge in [-0.3, -0.25) is 0 Å². The molecule has 0 radical (unpaired) electrons. The van der Waals surface area contributed by atoms with Crippen molar-refractivity contribution in [2.45, 2.75) is 33.6 Å². The lowest BCUT2D eigenvalue weighted by Gasteiger charge is -2.20. The quantitative estimate of drug-likeness (QED) is 0.692. The molecule has 1 nitrogen and oxygen atoms in total. The monoisotopic (exact) mass is 219 g/mol. The highest BCUT2D eigenvalue weighted by Crippen LogP contribution is 2.16. The molecule has 0 saturated heterocycles. The minimum Gasteiger partial charge on any atom is -0.316 e. The molecule has 2 unspecified atom stereocenters. The summed E-state index contributed by atoms with van der Waals surface area (Å²) in [5.41, 5.74) is 1.46. The van der Waals surface area contributed by atoms with E-state index in [2.05, 4.69) is 56.4 Å². The molecule has 1 heteroatoms. The maximum atomic E-state index is 3.50. The summed E-state index contributed by atoms with van der Waals surface area (Å²) in [4.78, 5) is 0. The van der Waals surface area contributed by atoms with E-state index in [1.165, 1.54) is 18.4 Å². The average molecular weight is 219 g/mol. The highest BCUT2D eigenvalue weighted by Gasteiger charge is 2.11.